The average Bonchev–Trinajstić information content (AvgIpc) is 3.07. The molecule has 3 saturated carbocycles. The van der Waals surface area contributed by atoms with E-state index in [4.69, 9.17) is 9.47 Å². The van der Waals surface area contributed by atoms with Gasteiger partial charge in [0.05, 0.1) is 28.5 Å². The third-order valence-electron chi connectivity index (χ3n) is 11.5. The maximum Gasteiger partial charge on any atom is 0.336 e. The lowest BCUT2D eigenvalue weighted by molar-refractivity contribution is -0.470. The monoisotopic (exact) mass is 484 g/mol. The van der Waals surface area contributed by atoms with Crippen molar-refractivity contribution < 1.29 is 34.4 Å². The first kappa shape index (κ1) is 23.6. The van der Waals surface area contributed by atoms with Crippen LogP contribution in [-0.2, 0) is 19.1 Å². The largest absolute Gasteiger partial charge is 0.429 e. The van der Waals surface area contributed by atoms with Crippen molar-refractivity contribution in [2.24, 2.45) is 34.5 Å². The Morgan fingerprint density at radius 1 is 1.11 bits per heavy atom. The van der Waals surface area contributed by atoms with Gasteiger partial charge in [0.2, 0.25) is 5.79 Å². The van der Waals surface area contributed by atoms with Gasteiger partial charge in [0, 0.05) is 18.4 Å². The van der Waals surface area contributed by atoms with Gasteiger partial charge >= 0.3 is 5.97 Å². The van der Waals surface area contributed by atoms with Gasteiger partial charge in [-0.1, -0.05) is 31.6 Å². The number of ether oxygens (including phenoxy) is 2. The number of hydrogen-bond donors (Lipinski definition) is 3. The molecule has 0 bridgehead atoms. The normalized spacial score (nSPS) is 54.7. The molecular formula is C28H36O7. The summed E-state index contributed by atoms with van der Waals surface area (Å²) in [5.74, 6) is -4.98. The van der Waals surface area contributed by atoms with Crippen molar-refractivity contribution in [1.29, 1.82) is 0 Å². The van der Waals surface area contributed by atoms with Crippen LogP contribution in [0.3, 0.4) is 0 Å². The summed E-state index contributed by atoms with van der Waals surface area (Å²) < 4.78 is 12.5. The fraction of sp³-hybridized carbons (Fsp3) is 0.714. The van der Waals surface area contributed by atoms with Crippen LogP contribution in [0.1, 0.15) is 66.7 Å². The van der Waals surface area contributed by atoms with E-state index in [0.29, 0.717) is 30.4 Å². The minimum atomic E-state index is -1.82. The predicted molar refractivity (Wildman–Crippen MR) is 125 cm³/mol. The summed E-state index contributed by atoms with van der Waals surface area (Å²) in [6, 6.07) is 0. The SMILES string of the molecule is CC1=C(C)C(=O)O[C@]2(C1)O[C@@]1(O)CC3C(C[C@@H](O)C4=CC=CC(=O)[C@@]43C)C3CC[C@@](O)([C@@H]2C)[C@]31C. The second-order valence-corrected chi connectivity index (χ2v) is 12.4. The number of allylic oxidation sites excluding steroid dienone is 3. The molecule has 3 unspecified atom stereocenters. The molecule has 6 aliphatic rings. The summed E-state index contributed by atoms with van der Waals surface area (Å²) in [4.78, 5) is 26.2. The minimum absolute atomic E-state index is 0.0652. The van der Waals surface area contributed by atoms with Gasteiger partial charge in [-0.15, -0.1) is 0 Å². The van der Waals surface area contributed by atoms with Gasteiger partial charge in [-0.05, 0) is 69.4 Å². The maximum absolute atomic E-state index is 13.3. The van der Waals surface area contributed by atoms with E-state index in [1.807, 2.05) is 33.8 Å². The highest BCUT2D eigenvalue weighted by Crippen LogP contribution is 2.74. The van der Waals surface area contributed by atoms with Crippen LogP contribution in [0.4, 0.5) is 0 Å². The van der Waals surface area contributed by atoms with Crippen molar-refractivity contribution >= 4 is 11.8 Å². The number of carbonyl (C=O) groups is 2. The van der Waals surface area contributed by atoms with E-state index < -0.39 is 46.0 Å². The Kier molecular flexibility index (Phi) is 4.54. The highest BCUT2D eigenvalue weighted by Gasteiger charge is 2.81. The summed E-state index contributed by atoms with van der Waals surface area (Å²) in [7, 11) is 0. The van der Waals surface area contributed by atoms with Gasteiger partial charge in [-0.25, -0.2) is 4.79 Å². The summed E-state index contributed by atoms with van der Waals surface area (Å²) >= 11 is 0. The molecule has 0 aromatic carbocycles. The van der Waals surface area contributed by atoms with Crippen molar-refractivity contribution in [3.05, 3.63) is 34.9 Å². The maximum atomic E-state index is 13.3. The lowest BCUT2D eigenvalue weighted by Crippen LogP contribution is -2.78. The van der Waals surface area contributed by atoms with E-state index in [9.17, 15) is 24.9 Å². The lowest BCUT2D eigenvalue weighted by atomic mass is 9.42. The van der Waals surface area contributed by atoms with Crippen LogP contribution in [0.25, 0.3) is 0 Å². The summed E-state index contributed by atoms with van der Waals surface area (Å²) in [6.45, 7) is 9.19. The molecule has 0 amide bonds. The van der Waals surface area contributed by atoms with Gasteiger partial charge in [0.15, 0.2) is 11.6 Å². The van der Waals surface area contributed by atoms with Crippen LogP contribution in [0, 0.1) is 34.5 Å². The molecule has 1 saturated heterocycles. The van der Waals surface area contributed by atoms with E-state index >= 15 is 0 Å². The Bertz CT molecular complexity index is 1140. The van der Waals surface area contributed by atoms with Gasteiger partial charge in [0.1, 0.15) is 0 Å². The quantitative estimate of drug-likeness (QED) is 0.453. The molecule has 6 rings (SSSR count). The van der Waals surface area contributed by atoms with E-state index in [-0.39, 0.29) is 36.4 Å². The zero-order valence-corrected chi connectivity index (χ0v) is 21.1. The standard InChI is InChI=1S/C28H36O7/c1-14-12-27(34-23(31)15(14)2)16(3)26(32)10-9-18-17-11-21(29)19-7-6-8-22(30)24(19,4)20(17)13-28(33,35-27)25(18,26)5/h6-8,16-18,20-21,29,32-33H,9-13H2,1-5H3/t16-,17?,18?,20?,21+,24-,25-,26+,27+,28-/m0/s1. The van der Waals surface area contributed by atoms with Gasteiger partial charge in [-0.3, -0.25) is 4.79 Å². The Labute approximate surface area is 205 Å². The van der Waals surface area contributed by atoms with E-state index in [0.717, 1.165) is 5.57 Å². The minimum Gasteiger partial charge on any atom is -0.429 e. The Balaban J connectivity index is 1.51. The van der Waals surface area contributed by atoms with Crippen molar-refractivity contribution in [2.45, 2.75) is 90.0 Å². The second-order valence-electron chi connectivity index (χ2n) is 12.4. The smallest absolute Gasteiger partial charge is 0.336 e. The fourth-order valence-electron chi connectivity index (χ4n) is 9.18. The first-order valence-electron chi connectivity index (χ1n) is 12.9. The Morgan fingerprint density at radius 3 is 2.51 bits per heavy atom. The zero-order valence-electron chi connectivity index (χ0n) is 21.1. The molecule has 2 aliphatic heterocycles. The molecule has 3 N–H and O–H groups in total. The topological polar surface area (TPSA) is 113 Å². The van der Waals surface area contributed by atoms with Crippen molar-refractivity contribution in [3.63, 3.8) is 0 Å². The Morgan fingerprint density at radius 2 is 1.83 bits per heavy atom. The van der Waals surface area contributed by atoms with Crippen LogP contribution < -0.4 is 0 Å². The fourth-order valence-corrected chi connectivity index (χ4v) is 9.18. The third-order valence-corrected chi connectivity index (χ3v) is 11.5. The summed E-state index contributed by atoms with van der Waals surface area (Å²) in [6.07, 6.45) is 6.24. The number of aliphatic hydroxyl groups excluding tert-OH is 1. The van der Waals surface area contributed by atoms with Gasteiger partial charge in [0.25, 0.3) is 0 Å². The Hall–Kier alpha value is -1.80. The lowest BCUT2D eigenvalue weighted by Gasteiger charge is -2.69. The summed E-state index contributed by atoms with van der Waals surface area (Å²) in [5, 5.41) is 36.0. The van der Waals surface area contributed by atoms with Crippen molar-refractivity contribution in [1.82, 2.24) is 0 Å². The molecule has 0 radical (unpaired) electrons. The molecule has 7 nitrogen and oxygen atoms in total. The number of rotatable bonds is 0. The number of carbonyl (C=O) groups excluding carboxylic acids is 2. The van der Waals surface area contributed by atoms with Crippen LogP contribution >= 0.6 is 0 Å². The molecule has 0 aromatic heterocycles. The van der Waals surface area contributed by atoms with Gasteiger partial charge < -0.3 is 24.8 Å². The molecule has 190 valence electrons. The first-order valence-corrected chi connectivity index (χ1v) is 12.9. The van der Waals surface area contributed by atoms with Gasteiger partial charge in [-0.2, -0.15) is 0 Å². The number of fused-ring (bicyclic) bond motifs is 4. The highest BCUT2D eigenvalue weighted by atomic mass is 16.8. The number of esters is 1. The first-order chi connectivity index (χ1) is 16.3. The molecular weight excluding hydrogens is 448 g/mol. The zero-order chi connectivity index (χ0) is 25.3. The number of hydrogen-bond acceptors (Lipinski definition) is 7. The van der Waals surface area contributed by atoms with Crippen LogP contribution in [0.15, 0.2) is 34.9 Å². The molecule has 7 heteroatoms. The van der Waals surface area contributed by atoms with E-state index in [1.165, 1.54) is 0 Å². The van der Waals surface area contributed by atoms with Crippen LogP contribution in [-0.4, -0.2) is 50.4 Å². The number of aliphatic hydroxyl groups is 3. The molecule has 10 atom stereocenters. The molecule has 35 heavy (non-hydrogen) atoms. The molecule has 1 spiro atoms. The van der Waals surface area contributed by atoms with Crippen LogP contribution in [0.2, 0.25) is 0 Å². The predicted octanol–water partition coefficient (Wildman–Crippen LogP) is 2.94. The molecule has 2 heterocycles. The third kappa shape index (κ3) is 2.46. The van der Waals surface area contributed by atoms with E-state index in [2.05, 4.69) is 0 Å². The molecule has 0 aromatic rings. The highest BCUT2D eigenvalue weighted by molar-refractivity contribution is 5.99. The van der Waals surface area contributed by atoms with Crippen molar-refractivity contribution in [3.8, 4) is 0 Å². The van der Waals surface area contributed by atoms with E-state index in [1.54, 1.807) is 19.1 Å². The number of ketones is 1. The molecule has 4 fully saturated rings. The van der Waals surface area contributed by atoms with Crippen LogP contribution in [0.5, 0.6) is 0 Å². The second kappa shape index (κ2) is 6.74. The average molecular weight is 485 g/mol. The van der Waals surface area contributed by atoms with Crippen molar-refractivity contribution in [2.75, 3.05) is 0 Å². The summed E-state index contributed by atoms with van der Waals surface area (Å²) in [5.41, 5.74) is -1.34. The molecule has 4 aliphatic carbocycles.